The van der Waals surface area contributed by atoms with Crippen molar-refractivity contribution in [1.82, 2.24) is 4.90 Å². The van der Waals surface area contributed by atoms with E-state index >= 15 is 0 Å². The van der Waals surface area contributed by atoms with E-state index in [0.29, 0.717) is 17.9 Å². The van der Waals surface area contributed by atoms with E-state index in [1.54, 1.807) is 0 Å². The third-order valence-electron chi connectivity index (χ3n) is 3.00. The van der Waals surface area contributed by atoms with Gasteiger partial charge in [-0.25, -0.2) is 0 Å². The number of nitrogens with two attached hydrogens (primary N) is 1. The SMILES string of the molecule is CCC(C)C1CN=C(N)N1CC(C)C. The lowest BCUT2D eigenvalue weighted by atomic mass is 9.98. The molecule has 0 aromatic heterocycles. The second kappa shape index (κ2) is 4.67. The van der Waals surface area contributed by atoms with Gasteiger partial charge in [-0.3, -0.25) is 4.99 Å². The molecule has 14 heavy (non-hydrogen) atoms. The maximum Gasteiger partial charge on any atom is 0.191 e. The smallest absolute Gasteiger partial charge is 0.191 e. The van der Waals surface area contributed by atoms with Gasteiger partial charge in [0.1, 0.15) is 0 Å². The van der Waals surface area contributed by atoms with Crippen LogP contribution in [0.2, 0.25) is 0 Å². The second-order valence-corrected chi connectivity index (χ2v) is 4.70. The Morgan fingerprint density at radius 3 is 2.64 bits per heavy atom. The Morgan fingerprint density at radius 2 is 2.14 bits per heavy atom. The Bertz CT molecular complexity index is 211. The van der Waals surface area contributed by atoms with Crippen molar-refractivity contribution < 1.29 is 0 Å². The standard InChI is InChI=1S/C11H23N3/c1-5-9(4)10-6-13-11(12)14(10)7-8(2)3/h8-10H,5-7H2,1-4H3,(H2,12,13). The fourth-order valence-electron chi connectivity index (χ4n) is 1.93. The first-order valence-corrected chi connectivity index (χ1v) is 5.62. The molecule has 2 N–H and O–H groups in total. The molecule has 82 valence electrons. The molecule has 0 bridgehead atoms. The second-order valence-electron chi connectivity index (χ2n) is 4.70. The molecule has 0 aromatic rings. The van der Waals surface area contributed by atoms with Crippen LogP contribution >= 0.6 is 0 Å². The first-order valence-electron chi connectivity index (χ1n) is 5.62. The van der Waals surface area contributed by atoms with Crippen molar-refractivity contribution in [2.24, 2.45) is 22.6 Å². The molecular weight excluding hydrogens is 174 g/mol. The van der Waals surface area contributed by atoms with Crippen LogP contribution in [0.4, 0.5) is 0 Å². The van der Waals surface area contributed by atoms with Gasteiger partial charge in [0.15, 0.2) is 5.96 Å². The zero-order valence-corrected chi connectivity index (χ0v) is 9.83. The molecule has 2 unspecified atom stereocenters. The van der Waals surface area contributed by atoms with Crippen molar-refractivity contribution in [1.29, 1.82) is 0 Å². The summed E-state index contributed by atoms with van der Waals surface area (Å²) in [5, 5.41) is 0. The van der Waals surface area contributed by atoms with Crippen LogP contribution in [0.3, 0.4) is 0 Å². The fraction of sp³-hybridized carbons (Fsp3) is 0.909. The Kier molecular flexibility index (Phi) is 3.78. The highest BCUT2D eigenvalue weighted by molar-refractivity contribution is 5.80. The summed E-state index contributed by atoms with van der Waals surface area (Å²) in [4.78, 5) is 6.62. The average Bonchev–Trinajstić information content (AvgIpc) is 2.46. The van der Waals surface area contributed by atoms with Gasteiger partial charge in [-0.2, -0.15) is 0 Å². The Balaban J connectivity index is 2.61. The molecular formula is C11H23N3. The van der Waals surface area contributed by atoms with Crippen molar-refractivity contribution in [3.8, 4) is 0 Å². The normalized spacial score (nSPS) is 24.2. The van der Waals surface area contributed by atoms with Gasteiger partial charge in [0.25, 0.3) is 0 Å². The molecule has 0 aromatic carbocycles. The van der Waals surface area contributed by atoms with E-state index in [-0.39, 0.29) is 0 Å². The summed E-state index contributed by atoms with van der Waals surface area (Å²) in [7, 11) is 0. The zero-order valence-electron chi connectivity index (χ0n) is 9.83. The van der Waals surface area contributed by atoms with E-state index in [9.17, 15) is 0 Å². The fourth-order valence-corrected chi connectivity index (χ4v) is 1.93. The van der Waals surface area contributed by atoms with E-state index in [1.165, 1.54) is 6.42 Å². The predicted molar refractivity (Wildman–Crippen MR) is 61.3 cm³/mol. The molecule has 1 heterocycles. The molecule has 0 fully saturated rings. The summed E-state index contributed by atoms with van der Waals surface area (Å²) < 4.78 is 0. The lowest BCUT2D eigenvalue weighted by molar-refractivity contribution is 0.237. The maximum absolute atomic E-state index is 5.89. The summed E-state index contributed by atoms with van der Waals surface area (Å²) in [6, 6.07) is 0.530. The van der Waals surface area contributed by atoms with Crippen LogP contribution in [0.25, 0.3) is 0 Å². The average molecular weight is 197 g/mol. The minimum atomic E-state index is 0.530. The van der Waals surface area contributed by atoms with Crippen molar-refractivity contribution in [2.75, 3.05) is 13.1 Å². The minimum Gasteiger partial charge on any atom is -0.370 e. The van der Waals surface area contributed by atoms with E-state index in [4.69, 9.17) is 5.73 Å². The van der Waals surface area contributed by atoms with Gasteiger partial charge in [-0.05, 0) is 11.8 Å². The molecule has 0 amide bonds. The number of hydrogen-bond donors (Lipinski definition) is 1. The molecule has 0 saturated carbocycles. The lowest BCUT2D eigenvalue weighted by Gasteiger charge is -2.31. The summed E-state index contributed by atoms with van der Waals surface area (Å²) in [6.45, 7) is 10.9. The number of hydrogen-bond acceptors (Lipinski definition) is 3. The van der Waals surface area contributed by atoms with Gasteiger partial charge in [0.2, 0.25) is 0 Å². The van der Waals surface area contributed by atoms with Crippen molar-refractivity contribution in [3.05, 3.63) is 0 Å². The molecule has 0 saturated heterocycles. The topological polar surface area (TPSA) is 41.6 Å². The van der Waals surface area contributed by atoms with Gasteiger partial charge in [-0.15, -0.1) is 0 Å². The van der Waals surface area contributed by atoms with E-state index < -0.39 is 0 Å². The first-order chi connectivity index (χ1) is 6.56. The molecule has 3 heteroatoms. The van der Waals surface area contributed by atoms with Crippen LogP contribution in [0.5, 0.6) is 0 Å². The highest BCUT2D eigenvalue weighted by atomic mass is 15.3. The summed E-state index contributed by atoms with van der Waals surface area (Å²) in [5.74, 6) is 2.07. The molecule has 1 aliphatic rings. The van der Waals surface area contributed by atoms with Crippen LogP contribution in [-0.4, -0.2) is 30.0 Å². The minimum absolute atomic E-state index is 0.530. The summed E-state index contributed by atoms with van der Waals surface area (Å²) >= 11 is 0. The molecule has 3 nitrogen and oxygen atoms in total. The molecule has 0 aliphatic carbocycles. The number of aliphatic imine (C=N–C) groups is 1. The lowest BCUT2D eigenvalue weighted by Crippen LogP contribution is -2.45. The monoisotopic (exact) mass is 197 g/mol. The number of rotatable bonds is 4. The zero-order chi connectivity index (χ0) is 10.7. The van der Waals surface area contributed by atoms with E-state index in [2.05, 4.69) is 37.6 Å². The molecule has 0 radical (unpaired) electrons. The van der Waals surface area contributed by atoms with Crippen LogP contribution in [0, 0.1) is 11.8 Å². The van der Waals surface area contributed by atoms with Gasteiger partial charge in [-0.1, -0.05) is 34.1 Å². The number of nitrogens with zero attached hydrogens (tertiary/aromatic N) is 2. The van der Waals surface area contributed by atoms with Crippen molar-refractivity contribution >= 4 is 5.96 Å². The van der Waals surface area contributed by atoms with Gasteiger partial charge < -0.3 is 10.6 Å². The highest BCUT2D eigenvalue weighted by Gasteiger charge is 2.29. The van der Waals surface area contributed by atoms with Gasteiger partial charge in [0, 0.05) is 6.54 Å². The van der Waals surface area contributed by atoms with Gasteiger partial charge >= 0.3 is 0 Å². The van der Waals surface area contributed by atoms with Gasteiger partial charge in [0.05, 0.1) is 12.6 Å². The summed E-state index contributed by atoms with van der Waals surface area (Å²) in [6.07, 6.45) is 1.20. The van der Waals surface area contributed by atoms with Crippen molar-refractivity contribution in [2.45, 2.75) is 40.2 Å². The van der Waals surface area contributed by atoms with Crippen molar-refractivity contribution in [3.63, 3.8) is 0 Å². The summed E-state index contributed by atoms with van der Waals surface area (Å²) in [5.41, 5.74) is 5.89. The van der Waals surface area contributed by atoms with Crippen LogP contribution in [0.1, 0.15) is 34.1 Å². The van der Waals surface area contributed by atoms with Crippen LogP contribution < -0.4 is 5.73 Å². The largest absolute Gasteiger partial charge is 0.370 e. The Morgan fingerprint density at radius 1 is 1.50 bits per heavy atom. The van der Waals surface area contributed by atoms with E-state index in [0.717, 1.165) is 19.0 Å². The highest BCUT2D eigenvalue weighted by Crippen LogP contribution is 2.20. The maximum atomic E-state index is 5.89. The van der Waals surface area contributed by atoms with Crippen LogP contribution in [-0.2, 0) is 0 Å². The molecule has 2 atom stereocenters. The predicted octanol–water partition coefficient (Wildman–Crippen LogP) is 1.69. The van der Waals surface area contributed by atoms with E-state index in [1.807, 2.05) is 0 Å². The Labute approximate surface area is 87.4 Å². The molecule has 1 aliphatic heterocycles. The quantitative estimate of drug-likeness (QED) is 0.745. The van der Waals surface area contributed by atoms with Crippen LogP contribution in [0.15, 0.2) is 4.99 Å². The molecule has 0 spiro atoms. The molecule has 1 rings (SSSR count). The third kappa shape index (κ3) is 2.40. The third-order valence-corrected chi connectivity index (χ3v) is 3.00. The Hall–Kier alpha value is -0.730. The first kappa shape index (κ1) is 11.3. The number of guanidine groups is 1.